The van der Waals surface area contributed by atoms with Gasteiger partial charge in [-0.25, -0.2) is 0 Å². The van der Waals surface area contributed by atoms with Gasteiger partial charge in [0.2, 0.25) is 12.7 Å². The van der Waals surface area contributed by atoms with Gasteiger partial charge in [0, 0.05) is 18.3 Å². The van der Waals surface area contributed by atoms with E-state index in [4.69, 9.17) is 13.9 Å². The molecule has 0 unspecified atom stereocenters. The summed E-state index contributed by atoms with van der Waals surface area (Å²) in [4.78, 5) is 12.1. The van der Waals surface area contributed by atoms with Gasteiger partial charge in [-0.1, -0.05) is 5.10 Å². The minimum absolute atomic E-state index is 0.00373. The van der Waals surface area contributed by atoms with Gasteiger partial charge in [0.05, 0.1) is 0 Å². The molecule has 0 radical (unpaired) electrons. The molecule has 0 atom stereocenters. The molecular weight excluding hydrogens is 314 g/mol. The molecule has 9 heteroatoms. The van der Waals surface area contributed by atoms with E-state index >= 15 is 0 Å². The Bertz CT molecular complexity index is 910. The van der Waals surface area contributed by atoms with Crippen LogP contribution in [0.2, 0.25) is 0 Å². The number of rotatable bonds is 3. The summed E-state index contributed by atoms with van der Waals surface area (Å²) in [6, 6.07) is 6.94. The number of aromatic nitrogens is 4. The molecule has 0 saturated heterocycles. The third-order valence-corrected chi connectivity index (χ3v) is 3.61. The SMILES string of the molecule is Cc1cc(C(=O)Nc2nnc(-c3ccc4c(c3)OCO4)o2)nn1C. The molecule has 0 fully saturated rings. The van der Waals surface area contributed by atoms with E-state index in [9.17, 15) is 4.79 Å². The minimum Gasteiger partial charge on any atom is -0.454 e. The maximum atomic E-state index is 12.1. The van der Waals surface area contributed by atoms with Crippen molar-refractivity contribution in [1.82, 2.24) is 20.0 Å². The fraction of sp³-hybridized carbons (Fsp3) is 0.200. The van der Waals surface area contributed by atoms with E-state index in [0.717, 1.165) is 5.69 Å². The molecule has 1 aliphatic rings. The number of aryl methyl sites for hydroxylation is 2. The Morgan fingerprint density at radius 3 is 2.83 bits per heavy atom. The van der Waals surface area contributed by atoms with E-state index in [1.165, 1.54) is 0 Å². The standard InChI is InChI=1S/C15H13N5O4/c1-8-5-10(19-20(8)2)13(21)16-15-18-17-14(24-15)9-3-4-11-12(6-9)23-7-22-11/h3-6H,7H2,1-2H3,(H,16,18,21). The second kappa shape index (κ2) is 5.37. The number of hydrogen-bond acceptors (Lipinski definition) is 7. The summed E-state index contributed by atoms with van der Waals surface area (Å²) in [6.07, 6.45) is 0. The number of carbonyl (C=O) groups excluding carboxylic acids is 1. The zero-order chi connectivity index (χ0) is 16.7. The van der Waals surface area contributed by atoms with Crippen LogP contribution in [-0.2, 0) is 7.05 Å². The molecule has 0 bridgehead atoms. The molecule has 24 heavy (non-hydrogen) atoms. The molecule has 0 saturated carbocycles. The molecule has 1 aromatic carbocycles. The Morgan fingerprint density at radius 1 is 1.21 bits per heavy atom. The number of benzene rings is 1. The summed E-state index contributed by atoms with van der Waals surface area (Å²) < 4.78 is 17.6. The summed E-state index contributed by atoms with van der Waals surface area (Å²) in [5.74, 6) is 1.12. The van der Waals surface area contributed by atoms with Crippen molar-refractivity contribution in [2.75, 3.05) is 12.1 Å². The monoisotopic (exact) mass is 327 g/mol. The van der Waals surface area contributed by atoms with Crippen LogP contribution in [0.1, 0.15) is 16.2 Å². The lowest BCUT2D eigenvalue weighted by atomic mass is 10.2. The number of nitrogens with one attached hydrogen (secondary N) is 1. The Hall–Kier alpha value is -3.36. The van der Waals surface area contributed by atoms with Crippen LogP contribution in [0, 0.1) is 6.92 Å². The number of carbonyl (C=O) groups is 1. The maximum absolute atomic E-state index is 12.1. The second-order valence-electron chi connectivity index (χ2n) is 5.23. The van der Waals surface area contributed by atoms with Gasteiger partial charge in [0.25, 0.3) is 5.91 Å². The Labute approximate surface area is 136 Å². The van der Waals surface area contributed by atoms with Crippen molar-refractivity contribution in [3.05, 3.63) is 35.7 Å². The number of fused-ring (bicyclic) bond motifs is 1. The molecule has 122 valence electrons. The molecule has 9 nitrogen and oxygen atoms in total. The predicted octanol–water partition coefficient (Wildman–Crippen LogP) is 1.76. The minimum atomic E-state index is -0.417. The summed E-state index contributed by atoms with van der Waals surface area (Å²) in [5, 5.41) is 14.4. The van der Waals surface area contributed by atoms with E-state index in [1.807, 2.05) is 6.92 Å². The van der Waals surface area contributed by atoms with Crippen molar-refractivity contribution >= 4 is 11.9 Å². The lowest BCUT2D eigenvalue weighted by molar-refractivity contribution is 0.101. The van der Waals surface area contributed by atoms with Crippen LogP contribution in [-0.4, -0.2) is 32.7 Å². The van der Waals surface area contributed by atoms with Crippen LogP contribution in [0.5, 0.6) is 11.5 Å². The lowest BCUT2D eigenvalue weighted by Crippen LogP contribution is -2.13. The van der Waals surface area contributed by atoms with E-state index < -0.39 is 5.91 Å². The normalized spacial score (nSPS) is 12.4. The highest BCUT2D eigenvalue weighted by Gasteiger charge is 2.18. The summed E-state index contributed by atoms with van der Waals surface area (Å²) in [6.45, 7) is 2.04. The Morgan fingerprint density at radius 2 is 2.04 bits per heavy atom. The second-order valence-corrected chi connectivity index (χ2v) is 5.23. The van der Waals surface area contributed by atoms with Gasteiger partial charge >= 0.3 is 6.01 Å². The molecule has 4 rings (SSSR count). The number of hydrogen-bond donors (Lipinski definition) is 1. The van der Waals surface area contributed by atoms with Crippen molar-refractivity contribution in [1.29, 1.82) is 0 Å². The summed E-state index contributed by atoms with van der Waals surface area (Å²) >= 11 is 0. The van der Waals surface area contributed by atoms with Gasteiger partial charge in [-0.3, -0.25) is 14.8 Å². The first-order valence-corrected chi connectivity index (χ1v) is 7.15. The smallest absolute Gasteiger partial charge is 0.322 e. The van der Waals surface area contributed by atoms with Crippen LogP contribution in [0.15, 0.2) is 28.7 Å². The first-order chi connectivity index (χ1) is 11.6. The Kier molecular flexibility index (Phi) is 3.19. The van der Waals surface area contributed by atoms with Gasteiger partial charge in [0.15, 0.2) is 17.2 Å². The number of anilines is 1. The zero-order valence-corrected chi connectivity index (χ0v) is 12.9. The van der Waals surface area contributed by atoms with Crippen molar-refractivity contribution in [3.63, 3.8) is 0 Å². The van der Waals surface area contributed by atoms with Crippen molar-refractivity contribution in [2.24, 2.45) is 7.05 Å². The molecule has 3 aromatic rings. The van der Waals surface area contributed by atoms with Crippen LogP contribution >= 0.6 is 0 Å². The molecule has 0 spiro atoms. The van der Waals surface area contributed by atoms with Crippen LogP contribution in [0.4, 0.5) is 6.01 Å². The molecule has 2 aromatic heterocycles. The van der Waals surface area contributed by atoms with E-state index in [2.05, 4.69) is 20.6 Å². The van der Waals surface area contributed by atoms with Gasteiger partial charge in [-0.05, 0) is 31.2 Å². The van der Waals surface area contributed by atoms with Gasteiger partial charge < -0.3 is 13.9 Å². The first kappa shape index (κ1) is 14.2. The van der Waals surface area contributed by atoms with Crippen molar-refractivity contribution < 1.29 is 18.7 Å². The lowest BCUT2D eigenvalue weighted by Gasteiger charge is -1.98. The molecule has 1 N–H and O–H groups in total. The number of ether oxygens (including phenoxy) is 2. The van der Waals surface area contributed by atoms with Gasteiger partial charge in [-0.2, -0.15) is 5.10 Å². The first-order valence-electron chi connectivity index (χ1n) is 7.15. The maximum Gasteiger partial charge on any atom is 0.322 e. The highest BCUT2D eigenvalue weighted by atomic mass is 16.7. The predicted molar refractivity (Wildman–Crippen MR) is 81.8 cm³/mol. The molecular formula is C15H13N5O4. The molecule has 0 aliphatic carbocycles. The van der Waals surface area contributed by atoms with Crippen molar-refractivity contribution in [2.45, 2.75) is 6.92 Å². The molecule has 1 aliphatic heterocycles. The third kappa shape index (κ3) is 2.45. The van der Waals surface area contributed by atoms with Gasteiger partial charge in [-0.15, -0.1) is 5.10 Å². The third-order valence-electron chi connectivity index (χ3n) is 3.61. The highest BCUT2D eigenvalue weighted by molar-refractivity contribution is 6.01. The van der Waals surface area contributed by atoms with Crippen LogP contribution < -0.4 is 14.8 Å². The summed E-state index contributed by atoms with van der Waals surface area (Å²) in [5.41, 5.74) is 1.81. The topological polar surface area (TPSA) is 104 Å². The average molecular weight is 327 g/mol. The van der Waals surface area contributed by atoms with Crippen molar-refractivity contribution in [3.8, 4) is 23.0 Å². The fourth-order valence-corrected chi connectivity index (χ4v) is 2.25. The fourth-order valence-electron chi connectivity index (χ4n) is 2.25. The average Bonchev–Trinajstić information content (AvgIpc) is 3.27. The zero-order valence-electron chi connectivity index (χ0n) is 12.9. The Balaban J connectivity index is 1.53. The van der Waals surface area contributed by atoms with Crippen LogP contribution in [0.25, 0.3) is 11.5 Å². The number of nitrogens with zero attached hydrogens (tertiary/aromatic N) is 4. The summed E-state index contributed by atoms with van der Waals surface area (Å²) in [7, 11) is 1.76. The molecule has 1 amide bonds. The molecule has 3 heterocycles. The largest absolute Gasteiger partial charge is 0.454 e. The van der Waals surface area contributed by atoms with Gasteiger partial charge in [0.1, 0.15) is 0 Å². The highest BCUT2D eigenvalue weighted by Crippen LogP contribution is 2.35. The van der Waals surface area contributed by atoms with E-state index in [-0.39, 0.29) is 24.4 Å². The van der Waals surface area contributed by atoms with Crippen LogP contribution in [0.3, 0.4) is 0 Å². The quantitative estimate of drug-likeness (QED) is 0.781. The van der Waals surface area contributed by atoms with E-state index in [1.54, 1.807) is 36.0 Å². The number of amides is 1. The van der Waals surface area contributed by atoms with E-state index in [0.29, 0.717) is 17.1 Å².